The van der Waals surface area contributed by atoms with Gasteiger partial charge in [-0.15, -0.1) is 0 Å². The number of nitrogens with zero attached hydrogens (tertiary/aromatic N) is 3. The number of pyridine rings is 1. The average Bonchev–Trinajstić information content (AvgIpc) is 2.64. The number of anilines is 1. The van der Waals surface area contributed by atoms with Crippen LogP contribution in [-0.4, -0.2) is 58.5 Å². The molecule has 5 N–H and O–H groups in total. The van der Waals surface area contributed by atoms with Gasteiger partial charge in [0.2, 0.25) is 5.91 Å². The number of amidine groups is 1. The van der Waals surface area contributed by atoms with Gasteiger partial charge in [0.1, 0.15) is 17.3 Å². The van der Waals surface area contributed by atoms with E-state index in [9.17, 15) is 9.59 Å². The van der Waals surface area contributed by atoms with E-state index in [-0.39, 0.29) is 11.9 Å². The van der Waals surface area contributed by atoms with Crippen LogP contribution in [0.15, 0.2) is 23.3 Å². The van der Waals surface area contributed by atoms with Gasteiger partial charge in [-0.1, -0.05) is 0 Å². The van der Waals surface area contributed by atoms with Gasteiger partial charge in [0, 0.05) is 32.3 Å². The molecule has 9 nitrogen and oxygen atoms in total. The monoisotopic (exact) mass is 432 g/mol. The minimum atomic E-state index is -0.725. The molecule has 0 atom stereocenters. The van der Waals surface area contributed by atoms with Gasteiger partial charge in [-0.2, -0.15) is 0 Å². The molecule has 0 unspecified atom stereocenters. The zero-order chi connectivity index (χ0) is 23.0. The fraction of sp³-hybridized carbons (Fsp3) is 0.636. The SMILES string of the molecule is CC(=O)N1CCC(N=C(N)c2cccnc2NC2CCC2)CC1.CC(C)(C)OC(N)=O. The minimum Gasteiger partial charge on any atom is -0.444 e. The van der Waals surface area contributed by atoms with Crippen LogP contribution >= 0.6 is 0 Å². The summed E-state index contributed by atoms with van der Waals surface area (Å²) in [5.41, 5.74) is 11.4. The van der Waals surface area contributed by atoms with Crippen molar-refractivity contribution in [1.82, 2.24) is 9.88 Å². The van der Waals surface area contributed by atoms with E-state index in [2.05, 4.69) is 20.0 Å². The molecule has 172 valence electrons. The third-order valence-corrected chi connectivity index (χ3v) is 5.17. The van der Waals surface area contributed by atoms with E-state index in [1.54, 1.807) is 33.9 Å². The standard InChI is InChI=1S/C17H25N5O.C5H11NO2/c1-12(23)22-10-7-14(8-11-22)20-16(18)15-6-3-9-19-17(15)21-13-4-2-5-13;1-5(2,3)8-4(6)7/h3,6,9,13-14H,2,4-5,7-8,10-11H2,1H3,(H2,18,20)(H,19,21);1-3H3,(H2,6,7). The Labute approximate surface area is 184 Å². The Kier molecular flexibility index (Phi) is 8.65. The largest absolute Gasteiger partial charge is 0.444 e. The molecule has 31 heavy (non-hydrogen) atoms. The molecule has 2 aliphatic rings. The fourth-order valence-corrected chi connectivity index (χ4v) is 3.35. The lowest BCUT2D eigenvalue weighted by Gasteiger charge is -2.30. The molecule has 1 aliphatic heterocycles. The van der Waals surface area contributed by atoms with E-state index >= 15 is 0 Å². The van der Waals surface area contributed by atoms with Crippen molar-refractivity contribution in [3.8, 4) is 0 Å². The summed E-state index contributed by atoms with van der Waals surface area (Å²) < 4.78 is 4.58. The molecule has 1 saturated heterocycles. The molecule has 2 heterocycles. The van der Waals surface area contributed by atoms with Gasteiger partial charge >= 0.3 is 6.09 Å². The highest BCUT2D eigenvalue weighted by Crippen LogP contribution is 2.24. The fourth-order valence-electron chi connectivity index (χ4n) is 3.35. The van der Waals surface area contributed by atoms with Crippen molar-refractivity contribution >= 4 is 23.7 Å². The topological polar surface area (TPSA) is 136 Å². The molecule has 1 aromatic heterocycles. The molecular formula is C22H36N6O3. The van der Waals surface area contributed by atoms with Gasteiger partial charge in [0.15, 0.2) is 0 Å². The first-order valence-electron chi connectivity index (χ1n) is 10.8. The molecule has 1 saturated carbocycles. The number of hydrogen-bond donors (Lipinski definition) is 3. The zero-order valence-corrected chi connectivity index (χ0v) is 19.1. The van der Waals surface area contributed by atoms with Gasteiger partial charge in [-0.25, -0.2) is 9.78 Å². The summed E-state index contributed by atoms with van der Waals surface area (Å²) in [4.78, 5) is 32.4. The van der Waals surface area contributed by atoms with Crippen molar-refractivity contribution in [2.45, 2.75) is 77.5 Å². The van der Waals surface area contributed by atoms with Gasteiger partial charge in [0.25, 0.3) is 0 Å². The highest BCUT2D eigenvalue weighted by Gasteiger charge is 2.22. The number of likely N-dealkylation sites (tertiary alicyclic amines) is 1. The van der Waals surface area contributed by atoms with E-state index < -0.39 is 11.7 Å². The van der Waals surface area contributed by atoms with Gasteiger partial charge in [-0.3, -0.25) is 9.79 Å². The number of aliphatic imine (C=N–C) groups is 1. The first-order valence-corrected chi connectivity index (χ1v) is 10.8. The Hall–Kier alpha value is -2.84. The zero-order valence-electron chi connectivity index (χ0n) is 19.1. The van der Waals surface area contributed by atoms with E-state index in [1.807, 2.05) is 17.0 Å². The van der Waals surface area contributed by atoms with Crippen LogP contribution in [0.1, 0.15) is 65.4 Å². The van der Waals surface area contributed by atoms with Crippen LogP contribution in [0, 0.1) is 0 Å². The number of ether oxygens (including phenoxy) is 1. The Bertz CT molecular complexity index is 778. The normalized spacial score (nSPS) is 17.8. The van der Waals surface area contributed by atoms with E-state index in [0.717, 1.165) is 37.3 Å². The van der Waals surface area contributed by atoms with Crippen LogP contribution in [0.5, 0.6) is 0 Å². The number of carbonyl (C=O) groups is 2. The maximum Gasteiger partial charge on any atom is 0.405 e. The second-order valence-electron chi connectivity index (χ2n) is 8.96. The summed E-state index contributed by atoms with van der Waals surface area (Å²) in [5.74, 6) is 1.51. The lowest BCUT2D eigenvalue weighted by atomic mass is 9.93. The molecule has 2 fully saturated rings. The predicted molar refractivity (Wildman–Crippen MR) is 122 cm³/mol. The second-order valence-corrected chi connectivity index (χ2v) is 8.96. The van der Waals surface area contributed by atoms with Gasteiger partial charge < -0.3 is 26.4 Å². The number of nitrogens with one attached hydrogen (secondary N) is 1. The van der Waals surface area contributed by atoms with Crippen LogP contribution in [0.3, 0.4) is 0 Å². The molecule has 1 aromatic rings. The first kappa shape index (κ1) is 24.4. The molecule has 0 bridgehead atoms. The summed E-state index contributed by atoms with van der Waals surface area (Å²) in [6.07, 6.45) is 6.45. The summed E-state index contributed by atoms with van der Waals surface area (Å²) in [6.45, 7) is 8.42. The van der Waals surface area contributed by atoms with Crippen molar-refractivity contribution in [3.05, 3.63) is 23.9 Å². The van der Waals surface area contributed by atoms with Crippen LogP contribution in [0.2, 0.25) is 0 Å². The molecule has 0 spiro atoms. The maximum atomic E-state index is 11.4. The van der Waals surface area contributed by atoms with Crippen molar-refractivity contribution < 1.29 is 14.3 Å². The van der Waals surface area contributed by atoms with E-state index in [0.29, 0.717) is 11.9 Å². The Morgan fingerprint density at radius 2 is 1.84 bits per heavy atom. The summed E-state index contributed by atoms with van der Waals surface area (Å²) >= 11 is 0. The quantitative estimate of drug-likeness (QED) is 0.494. The number of hydrogen-bond acceptors (Lipinski definition) is 6. The minimum absolute atomic E-state index is 0.139. The number of primary amides is 1. The molecule has 1 aliphatic carbocycles. The van der Waals surface area contributed by atoms with Crippen LogP contribution in [0.4, 0.5) is 10.6 Å². The van der Waals surface area contributed by atoms with Gasteiger partial charge in [-0.05, 0) is 65.0 Å². The highest BCUT2D eigenvalue weighted by molar-refractivity contribution is 6.01. The molecule has 0 radical (unpaired) electrons. The first-order chi connectivity index (χ1) is 14.5. The summed E-state index contributed by atoms with van der Waals surface area (Å²) in [6, 6.07) is 4.55. The molecule has 9 heteroatoms. The lowest BCUT2D eigenvalue weighted by Crippen LogP contribution is -2.39. The molecule has 2 amide bonds. The number of carbonyl (C=O) groups excluding carboxylic acids is 2. The summed E-state index contributed by atoms with van der Waals surface area (Å²) in [7, 11) is 0. The smallest absolute Gasteiger partial charge is 0.405 e. The number of rotatable bonds is 4. The van der Waals surface area contributed by atoms with Crippen molar-refractivity contribution in [3.63, 3.8) is 0 Å². The maximum absolute atomic E-state index is 11.4. The number of amides is 2. The average molecular weight is 433 g/mol. The molecule has 0 aromatic carbocycles. The molecular weight excluding hydrogens is 396 g/mol. The van der Waals surface area contributed by atoms with Crippen molar-refractivity contribution in [1.29, 1.82) is 0 Å². The predicted octanol–water partition coefficient (Wildman–Crippen LogP) is 2.64. The van der Waals surface area contributed by atoms with Crippen LogP contribution in [0.25, 0.3) is 0 Å². The Balaban J connectivity index is 0.000000366. The number of nitrogens with two attached hydrogens (primary N) is 2. The van der Waals surface area contributed by atoms with Crippen molar-refractivity contribution in [2.75, 3.05) is 18.4 Å². The Morgan fingerprint density at radius 3 is 2.29 bits per heavy atom. The third kappa shape index (κ3) is 8.43. The van der Waals surface area contributed by atoms with Crippen molar-refractivity contribution in [2.24, 2.45) is 16.5 Å². The highest BCUT2D eigenvalue weighted by atomic mass is 16.6. The van der Waals surface area contributed by atoms with Gasteiger partial charge in [0.05, 0.1) is 11.6 Å². The second kappa shape index (κ2) is 11.0. The summed E-state index contributed by atoms with van der Waals surface area (Å²) in [5, 5.41) is 3.46. The third-order valence-electron chi connectivity index (χ3n) is 5.17. The Morgan fingerprint density at radius 1 is 1.19 bits per heavy atom. The van der Waals surface area contributed by atoms with E-state index in [4.69, 9.17) is 11.5 Å². The number of piperidine rings is 1. The molecule has 3 rings (SSSR count). The number of aromatic nitrogens is 1. The van der Waals surface area contributed by atoms with Crippen LogP contribution < -0.4 is 16.8 Å². The lowest BCUT2D eigenvalue weighted by molar-refractivity contribution is -0.129. The van der Waals surface area contributed by atoms with Crippen LogP contribution in [-0.2, 0) is 9.53 Å². The van der Waals surface area contributed by atoms with E-state index in [1.165, 1.54) is 19.3 Å².